The van der Waals surface area contributed by atoms with E-state index in [4.69, 9.17) is 9.16 Å². The third-order valence-corrected chi connectivity index (χ3v) is 9.06. The van der Waals surface area contributed by atoms with E-state index in [9.17, 15) is 4.79 Å². The number of benzene rings is 1. The van der Waals surface area contributed by atoms with Gasteiger partial charge in [-0.25, -0.2) is 4.79 Å². The van der Waals surface area contributed by atoms with Gasteiger partial charge in [0.05, 0.1) is 6.04 Å². The Balaban J connectivity index is 2.16. The molecule has 4 nitrogen and oxygen atoms in total. The fourth-order valence-corrected chi connectivity index (χ4v) is 3.31. The molecule has 1 aromatic carbocycles. The van der Waals surface area contributed by atoms with E-state index in [1.165, 1.54) is 0 Å². The Labute approximate surface area is 134 Å². The van der Waals surface area contributed by atoms with Gasteiger partial charge in [0.15, 0.2) is 0 Å². The van der Waals surface area contributed by atoms with Crippen molar-refractivity contribution >= 4 is 14.4 Å². The molecule has 1 heterocycles. The minimum absolute atomic E-state index is 0.137. The van der Waals surface area contributed by atoms with E-state index in [0.717, 1.165) is 11.3 Å². The van der Waals surface area contributed by atoms with Gasteiger partial charge in [0.2, 0.25) is 8.32 Å². The number of hydrogen-bond acceptors (Lipinski definition) is 3. The molecule has 0 aromatic heterocycles. The third kappa shape index (κ3) is 3.29. The van der Waals surface area contributed by atoms with Crippen LogP contribution in [0.3, 0.4) is 0 Å². The second-order valence-electron chi connectivity index (χ2n) is 8.00. The molecule has 122 valence electrons. The van der Waals surface area contributed by atoms with Crippen LogP contribution < -0.4 is 9.74 Å². The summed E-state index contributed by atoms with van der Waals surface area (Å²) >= 11 is 0. The zero-order chi connectivity index (χ0) is 16.8. The van der Waals surface area contributed by atoms with Crippen LogP contribution in [0.2, 0.25) is 18.1 Å². The lowest BCUT2D eigenvalue weighted by Crippen LogP contribution is -2.43. The van der Waals surface area contributed by atoms with Crippen LogP contribution in [-0.4, -0.2) is 20.0 Å². The molecule has 2 rings (SSSR count). The fourth-order valence-electron chi connectivity index (χ4n) is 2.28. The van der Waals surface area contributed by atoms with Gasteiger partial charge in [0.25, 0.3) is 0 Å². The molecule has 1 atom stereocenters. The Morgan fingerprint density at radius 1 is 1.18 bits per heavy atom. The predicted octanol–water partition coefficient (Wildman–Crippen LogP) is 4.63. The van der Waals surface area contributed by atoms with Crippen LogP contribution in [0.5, 0.6) is 5.75 Å². The summed E-state index contributed by atoms with van der Waals surface area (Å²) in [7, 11) is -1.83. The van der Waals surface area contributed by atoms with Crippen LogP contribution in [0, 0.1) is 0 Å². The number of hydrogen-bond donors (Lipinski definition) is 1. The van der Waals surface area contributed by atoms with Crippen molar-refractivity contribution in [3.8, 4) is 5.75 Å². The van der Waals surface area contributed by atoms with Gasteiger partial charge in [-0.3, -0.25) is 0 Å². The Hall–Kier alpha value is -1.49. The van der Waals surface area contributed by atoms with Gasteiger partial charge in [-0.15, -0.1) is 0 Å². The third-order valence-electron chi connectivity index (χ3n) is 4.71. The van der Waals surface area contributed by atoms with Gasteiger partial charge in [0, 0.05) is 0 Å². The van der Waals surface area contributed by atoms with Gasteiger partial charge in [0.1, 0.15) is 11.4 Å². The molecule has 22 heavy (non-hydrogen) atoms. The highest BCUT2D eigenvalue weighted by Gasteiger charge is 2.42. The fraction of sp³-hybridized carbons (Fsp3) is 0.588. The lowest BCUT2D eigenvalue weighted by atomic mass is 9.93. The lowest BCUT2D eigenvalue weighted by molar-refractivity contribution is 0.0684. The Kier molecular flexibility index (Phi) is 4.06. The molecule has 1 saturated heterocycles. The Bertz CT molecular complexity index is 558. The summed E-state index contributed by atoms with van der Waals surface area (Å²) in [5, 5.41) is 3.03. The van der Waals surface area contributed by atoms with E-state index in [-0.39, 0.29) is 17.2 Å². The molecule has 1 amide bonds. The summed E-state index contributed by atoms with van der Waals surface area (Å²) in [5.41, 5.74) is 0.484. The topological polar surface area (TPSA) is 47.6 Å². The monoisotopic (exact) mass is 321 g/mol. The van der Waals surface area contributed by atoms with Crippen molar-refractivity contribution < 1.29 is 14.0 Å². The number of cyclic esters (lactones) is 1. The van der Waals surface area contributed by atoms with Gasteiger partial charge in [-0.2, -0.15) is 0 Å². The van der Waals surface area contributed by atoms with Gasteiger partial charge in [-0.05, 0) is 49.7 Å². The zero-order valence-electron chi connectivity index (χ0n) is 14.6. The minimum atomic E-state index is -1.83. The zero-order valence-corrected chi connectivity index (χ0v) is 15.6. The number of amides is 1. The first-order chi connectivity index (χ1) is 9.92. The highest BCUT2D eigenvalue weighted by molar-refractivity contribution is 6.74. The van der Waals surface area contributed by atoms with E-state index in [2.05, 4.69) is 39.2 Å². The molecule has 1 unspecified atom stereocenters. The molecule has 1 aliphatic rings. The van der Waals surface area contributed by atoms with E-state index in [1.54, 1.807) is 0 Å². The van der Waals surface area contributed by atoms with Gasteiger partial charge >= 0.3 is 6.09 Å². The highest BCUT2D eigenvalue weighted by Crippen LogP contribution is 2.38. The normalized spacial score (nSPS) is 21.2. The first-order valence-corrected chi connectivity index (χ1v) is 10.6. The smallest absolute Gasteiger partial charge is 0.408 e. The molecule has 0 saturated carbocycles. The summed E-state index contributed by atoms with van der Waals surface area (Å²) in [5.74, 6) is 0.887. The SMILES string of the molecule is CC1(C)OC(=O)NC1c1ccc(O[Si](C)(C)C(C)(C)C)cc1. The molecular formula is C17H27NO3Si. The van der Waals surface area contributed by atoms with E-state index in [0.29, 0.717) is 0 Å². The molecule has 0 spiro atoms. The summed E-state index contributed by atoms with van der Waals surface area (Å²) in [6, 6.07) is 7.84. The van der Waals surface area contributed by atoms with Gasteiger partial charge in [-0.1, -0.05) is 32.9 Å². The summed E-state index contributed by atoms with van der Waals surface area (Å²) in [6.07, 6.45) is -0.364. The maximum atomic E-state index is 11.5. The number of carbonyl (C=O) groups is 1. The summed E-state index contributed by atoms with van der Waals surface area (Å²) < 4.78 is 11.6. The summed E-state index contributed by atoms with van der Waals surface area (Å²) in [4.78, 5) is 11.5. The lowest BCUT2D eigenvalue weighted by Gasteiger charge is -2.36. The number of carbonyl (C=O) groups excluding carboxylic acids is 1. The molecule has 1 aliphatic heterocycles. The largest absolute Gasteiger partial charge is 0.544 e. The number of alkyl carbamates (subject to hydrolysis) is 1. The van der Waals surface area contributed by atoms with Crippen molar-refractivity contribution in [1.29, 1.82) is 0 Å². The molecule has 0 bridgehead atoms. The maximum absolute atomic E-state index is 11.5. The van der Waals surface area contributed by atoms with Crippen LogP contribution in [0.25, 0.3) is 0 Å². The number of rotatable bonds is 3. The van der Waals surface area contributed by atoms with E-state index >= 15 is 0 Å². The molecule has 5 heteroatoms. The average Bonchev–Trinajstić information content (AvgIpc) is 2.61. The Morgan fingerprint density at radius 3 is 2.14 bits per heavy atom. The predicted molar refractivity (Wildman–Crippen MR) is 90.7 cm³/mol. The van der Waals surface area contributed by atoms with Crippen molar-refractivity contribution in [1.82, 2.24) is 5.32 Å². The standard InChI is InChI=1S/C17H27NO3Si/c1-16(2,3)22(6,7)21-13-10-8-12(9-11-13)14-17(4,5)20-15(19)18-14/h8-11,14H,1-7H3,(H,18,19). The van der Waals surface area contributed by atoms with Crippen molar-refractivity contribution in [2.45, 2.75) is 64.4 Å². The Morgan fingerprint density at radius 2 is 1.73 bits per heavy atom. The van der Waals surface area contributed by atoms with Crippen LogP contribution in [0.15, 0.2) is 24.3 Å². The van der Waals surface area contributed by atoms with Crippen LogP contribution in [-0.2, 0) is 4.74 Å². The minimum Gasteiger partial charge on any atom is -0.544 e. The molecule has 0 aliphatic carbocycles. The molecule has 1 N–H and O–H groups in total. The average molecular weight is 321 g/mol. The quantitative estimate of drug-likeness (QED) is 0.826. The first-order valence-electron chi connectivity index (χ1n) is 7.71. The molecule has 1 fully saturated rings. The van der Waals surface area contributed by atoms with Crippen molar-refractivity contribution in [3.05, 3.63) is 29.8 Å². The second kappa shape index (κ2) is 5.30. The molecule has 1 aromatic rings. The first kappa shape index (κ1) is 16.9. The molecular weight excluding hydrogens is 294 g/mol. The number of ether oxygens (including phenoxy) is 1. The van der Waals surface area contributed by atoms with E-state index < -0.39 is 13.9 Å². The van der Waals surface area contributed by atoms with Crippen molar-refractivity contribution in [2.24, 2.45) is 0 Å². The summed E-state index contributed by atoms with van der Waals surface area (Å²) in [6.45, 7) is 15.0. The van der Waals surface area contributed by atoms with Crippen molar-refractivity contribution in [3.63, 3.8) is 0 Å². The maximum Gasteiger partial charge on any atom is 0.408 e. The highest BCUT2D eigenvalue weighted by atomic mass is 28.4. The van der Waals surface area contributed by atoms with Crippen LogP contribution in [0.4, 0.5) is 4.79 Å². The number of nitrogens with one attached hydrogen (secondary N) is 1. The second-order valence-corrected chi connectivity index (χ2v) is 12.7. The van der Waals surface area contributed by atoms with Crippen LogP contribution >= 0.6 is 0 Å². The van der Waals surface area contributed by atoms with E-state index in [1.807, 2.05) is 38.1 Å². The van der Waals surface area contributed by atoms with Crippen molar-refractivity contribution in [2.75, 3.05) is 0 Å². The molecule has 0 radical (unpaired) electrons. The van der Waals surface area contributed by atoms with Crippen LogP contribution in [0.1, 0.15) is 46.2 Å². The van der Waals surface area contributed by atoms with Gasteiger partial charge < -0.3 is 14.5 Å².